The molecule has 0 amide bonds. The van der Waals surface area contributed by atoms with Crippen LogP contribution in [0.4, 0.5) is 0 Å². The molecular formula is C14H15BrN2O5S2. The molecule has 0 bridgehead atoms. The lowest BCUT2D eigenvalue weighted by molar-refractivity contribution is -0.142. The number of nitrogens with one attached hydrogen (secondary N) is 1. The second kappa shape index (κ2) is 8.06. The van der Waals surface area contributed by atoms with E-state index < -0.39 is 16.0 Å². The summed E-state index contributed by atoms with van der Waals surface area (Å²) < 4.78 is 37.3. The summed E-state index contributed by atoms with van der Waals surface area (Å²) in [6.07, 6.45) is 0. The average molecular weight is 435 g/mol. The molecule has 0 saturated heterocycles. The van der Waals surface area contributed by atoms with Gasteiger partial charge in [-0.3, -0.25) is 0 Å². The fourth-order valence-corrected chi connectivity index (χ4v) is 3.99. The highest BCUT2D eigenvalue weighted by Gasteiger charge is 2.17. The van der Waals surface area contributed by atoms with Gasteiger partial charge in [-0.2, -0.15) is 0 Å². The molecule has 2 rings (SSSR count). The van der Waals surface area contributed by atoms with Crippen LogP contribution in [0.15, 0.2) is 32.9 Å². The summed E-state index contributed by atoms with van der Waals surface area (Å²) in [6, 6.07) is 4.27. The van der Waals surface area contributed by atoms with Crippen LogP contribution in [0.25, 0.3) is 0 Å². The number of aryl methyl sites for hydroxylation is 1. The number of carbonyl (C=O) groups excluding carboxylic acids is 1. The van der Waals surface area contributed by atoms with Gasteiger partial charge >= 0.3 is 5.97 Å². The fourth-order valence-electron chi connectivity index (χ4n) is 1.70. The molecular weight excluding hydrogens is 420 g/mol. The maximum atomic E-state index is 12.3. The summed E-state index contributed by atoms with van der Waals surface area (Å²) in [5, 5.41) is 2.68. The van der Waals surface area contributed by atoms with Gasteiger partial charge in [-0.25, -0.2) is 22.9 Å². The van der Waals surface area contributed by atoms with E-state index in [1.165, 1.54) is 36.6 Å². The number of hydrogen-bond donors (Lipinski definition) is 1. The van der Waals surface area contributed by atoms with Crippen molar-refractivity contribution in [3.8, 4) is 5.75 Å². The summed E-state index contributed by atoms with van der Waals surface area (Å²) in [7, 11) is -2.43. The molecule has 7 nitrogen and oxygen atoms in total. The van der Waals surface area contributed by atoms with Gasteiger partial charge in [0.05, 0.1) is 33.7 Å². The summed E-state index contributed by atoms with van der Waals surface area (Å²) in [6.45, 7) is 1.71. The molecule has 0 fully saturated rings. The van der Waals surface area contributed by atoms with Gasteiger partial charge in [-0.1, -0.05) is 0 Å². The quantitative estimate of drug-likeness (QED) is 0.671. The van der Waals surface area contributed by atoms with Crippen molar-refractivity contribution in [1.29, 1.82) is 0 Å². The van der Waals surface area contributed by atoms with E-state index in [1.54, 1.807) is 5.38 Å². The van der Waals surface area contributed by atoms with Crippen molar-refractivity contribution < 1.29 is 22.7 Å². The molecule has 0 aliphatic carbocycles. The molecule has 1 heterocycles. The third-order valence-corrected chi connectivity index (χ3v) is 5.74. The van der Waals surface area contributed by atoms with Crippen LogP contribution in [0.1, 0.15) is 10.7 Å². The van der Waals surface area contributed by atoms with E-state index in [9.17, 15) is 13.2 Å². The zero-order valence-corrected chi connectivity index (χ0v) is 16.1. The Morgan fingerprint density at radius 3 is 2.75 bits per heavy atom. The first-order valence-corrected chi connectivity index (χ1v) is 9.87. The van der Waals surface area contributed by atoms with Crippen LogP contribution in [-0.4, -0.2) is 33.1 Å². The molecule has 0 radical (unpaired) electrons. The molecule has 1 aromatic carbocycles. The first-order chi connectivity index (χ1) is 11.3. The third kappa shape index (κ3) is 5.00. The summed E-state index contributed by atoms with van der Waals surface area (Å²) in [4.78, 5) is 15.4. The Bertz CT molecular complexity index is 835. The Balaban J connectivity index is 2.07. The molecule has 24 heavy (non-hydrogen) atoms. The van der Waals surface area contributed by atoms with E-state index in [0.29, 0.717) is 15.9 Å². The van der Waals surface area contributed by atoms with Crippen LogP contribution >= 0.6 is 27.3 Å². The van der Waals surface area contributed by atoms with Gasteiger partial charge in [-0.15, -0.1) is 11.3 Å². The van der Waals surface area contributed by atoms with E-state index >= 15 is 0 Å². The number of sulfonamides is 1. The van der Waals surface area contributed by atoms with Crippen LogP contribution < -0.4 is 9.46 Å². The Kier molecular flexibility index (Phi) is 6.33. The van der Waals surface area contributed by atoms with Gasteiger partial charge in [0.1, 0.15) is 5.75 Å². The third-order valence-electron chi connectivity index (χ3n) is 2.90. The SMILES string of the molecule is COC(=O)COc1ccc(S(=O)(=O)NCc2csc(C)n2)cc1Br. The monoisotopic (exact) mass is 434 g/mol. The molecule has 0 spiro atoms. The number of nitrogens with zero attached hydrogens (tertiary/aromatic N) is 1. The zero-order chi connectivity index (χ0) is 17.7. The van der Waals surface area contributed by atoms with Crippen molar-refractivity contribution in [2.24, 2.45) is 0 Å². The van der Waals surface area contributed by atoms with E-state index in [1.807, 2.05) is 6.92 Å². The maximum Gasteiger partial charge on any atom is 0.343 e. The lowest BCUT2D eigenvalue weighted by Crippen LogP contribution is -2.23. The van der Waals surface area contributed by atoms with Gasteiger partial charge < -0.3 is 9.47 Å². The second-order valence-electron chi connectivity index (χ2n) is 4.64. The largest absolute Gasteiger partial charge is 0.481 e. The van der Waals surface area contributed by atoms with Crippen LogP contribution in [-0.2, 0) is 26.1 Å². The molecule has 2 aromatic rings. The molecule has 0 aliphatic rings. The van der Waals surface area contributed by atoms with Crippen molar-refractivity contribution >= 4 is 43.3 Å². The number of esters is 1. The zero-order valence-electron chi connectivity index (χ0n) is 12.9. The van der Waals surface area contributed by atoms with Crippen molar-refractivity contribution in [3.63, 3.8) is 0 Å². The molecule has 1 N–H and O–H groups in total. The van der Waals surface area contributed by atoms with Gasteiger partial charge in [-0.05, 0) is 41.1 Å². The van der Waals surface area contributed by atoms with Crippen LogP contribution in [0.2, 0.25) is 0 Å². The number of aromatic nitrogens is 1. The molecule has 0 aliphatic heterocycles. The molecule has 0 saturated carbocycles. The fraction of sp³-hybridized carbons (Fsp3) is 0.286. The second-order valence-corrected chi connectivity index (χ2v) is 8.32. The summed E-state index contributed by atoms with van der Waals surface area (Å²) in [5.41, 5.74) is 0.665. The topological polar surface area (TPSA) is 94.6 Å². The normalized spacial score (nSPS) is 11.3. The predicted octanol–water partition coefficient (Wildman–Crippen LogP) is 2.24. The van der Waals surface area contributed by atoms with E-state index in [2.05, 4.69) is 30.4 Å². The summed E-state index contributed by atoms with van der Waals surface area (Å²) in [5.74, 6) is -0.187. The standard InChI is InChI=1S/C14H15BrN2O5S2/c1-9-17-10(8-23-9)6-16-24(19,20)11-3-4-13(12(15)5-11)22-7-14(18)21-2/h3-5,8,16H,6-7H2,1-2H3. The molecule has 1 aromatic heterocycles. The van der Waals surface area contributed by atoms with Gasteiger partial charge in [0, 0.05) is 5.38 Å². The highest BCUT2D eigenvalue weighted by atomic mass is 79.9. The first kappa shape index (κ1) is 18.8. The maximum absolute atomic E-state index is 12.3. The average Bonchev–Trinajstić information content (AvgIpc) is 2.97. The highest BCUT2D eigenvalue weighted by molar-refractivity contribution is 9.10. The van der Waals surface area contributed by atoms with Crippen LogP contribution in [0, 0.1) is 6.92 Å². The Labute approximate surface area is 152 Å². The van der Waals surface area contributed by atoms with Crippen LogP contribution in [0.5, 0.6) is 5.75 Å². The van der Waals surface area contributed by atoms with Gasteiger partial charge in [0.2, 0.25) is 10.0 Å². The molecule has 130 valence electrons. The van der Waals surface area contributed by atoms with Crippen molar-refractivity contribution in [3.05, 3.63) is 38.8 Å². The van der Waals surface area contributed by atoms with E-state index in [4.69, 9.17) is 4.74 Å². The number of ether oxygens (including phenoxy) is 2. The highest BCUT2D eigenvalue weighted by Crippen LogP contribution is 2.28. The van der Waals surface area contributed by atoms with Crippen molar-refractivity contribution in [2.75, 3.05) is 13.7 Å². The molecule has 0 unspecified atom stereocenters. The Hall–Kier alpha value is -1.49. The lowest BCUT2D eigenvalue weighted by Gasteiger charge is -2.10. The Morgan fingerprint density at radius 2 is 2.17 bits per heavy atom. The van der Waals surface area contributed by atoms with Crippen molar-refractivity contribution in [1.82, 2.24) is 9.71 Å². The number of carbonyl (C=O) groups is 1. The van der Waals surface area contributed by atoms with Crippen molar-refractivity contribution in [2.45, 2.75) is 18.4 Å². The van der Waals surface area contributed by atoms with E-state index in [0.717, 1.165) is 5.01 Å². The van der Waals surface area contributed by atoms with E-state index in [-0.39, 0.29) is 18.0 Å². The lowest BCUT2D eigenvalue weighted by atomic mass is 10.3. The van der Waals surface area contributed by atoms with Gasteiger partial charge in [0.25, 0.3) is 0 Å². The minimum atomic E-state index is -3.69. The molecule has 0 atom stereocenters. The van der Waals surface area contributed by atoms with Crippen LogP contribution in [0.3, 0.4) is 0 Å². The molecule has 10 heteroatoms. The number of methoxy groups -OCH3 is 1. The minimum absolute atomic E-state index is 0.0757. The Morgan fingerprint density at radius 1 is 1.42 bits per heavy atom. The number of hydrogen-bond acceptors (Lipinski definition) is 7. The van der Waals surface area contributed by atoms with Gasteiger partial charge in [0.15, 0.2) is 6.61 Å². The minimum Gasteiger partial charge on any atom is -0.481 e. The summed E-state index contributed by atoms with van der Waals surface area (Å²) >= 11 is 4.69. The smallest absolute Gasteiger partial charge is 0.343 e. The predicted molar refractivity (Wildman–Crippen MR) is 92.5 cm³/mol. The number of benzene rings is 1. The number of halogens is 1. The number of rotatable bonds is 7. The first-order valence-electron chi connectivity index (χ1n) is 6.71. The number of thiazole rings is 1.